The van der Waals surface area contributed by atoms with E-state index in [4.69, 9.17) is 201 Å². The Morgan fingerprint density at radius 2 is 0.444 bits per heavy atom. The number of rotatable bonds is 8. The van der Waals surface area contributed by atoms with Crippen LogP contribution in [0.4, 0.5) is 0 Å². The van der Waals surface area contributed by atoms with Crippen LogP contribution in [0.1, 0.15) is 0 Å². The van der Waals surface area contributed by atoms with Crippen molar-refractivity contribution in [2.24, 2.45) is 0 Å². The van der Waals surface area contributed by atoms with Gasteiger partial charge in [0.1, 0.15) is 0 Å². The van der Waals surface area contributed by atoms with Gasteiger partial charge in [0.2, 0.25) is 0 Å². The van der Waals surface area contributed by atoms with Crippen molar-refractivity contribution in [1.82, 2.24) is 0 Å². The minimum absolute atomic E-state index is 1.30. The van der Waals surface area contributed by atoms with Crippen LogP contribution in [0.5, 0.6) is 0 Å². The molecule has 0 atom stereocenters. The van der Waals surface area contributed by atoms with E-state index in [0.29, 0.717) is 0 Å². The molecule has 0 rings (SSSR count). The van der Waals surface area contributed by atoms with Crippen LogP contribution in [0.3, 0.4) is 0 Å². The van der Waals surface area contributed by atoms with E-state index >= 15 is 0 Å². The van der Waals surface area contributed by atoms with Gasteiger partial charge in [-0.3, -0.25) is 14.1 Å². The van der Waals surface area contributed by atoms with Crippen LogP contribution in [0.2, 0.25) is 0 Å². The van der Waals surface area contributed by atoms with Gasteiger partial charge in [-0.15, -0.1) is 0 Å². The third-order valence-electron chi connectivity index (χ3n) is 1.83. The highest BCUT2D eigenvalue weighted by atomic mass is 34.4. The normalized spacial score (nSPS) is 15.8. The van der Waals surface area contributed by atoms with Crippen LogP contribution >= 0.6 is 0 Å². The van der Waals surface area contributed by atoms with E-state index in [1.165, 1.54) is 0 Å². The molecule has 0 radical (unpaired) electrons. The fraction of sp³-hybridized carbons (Fsp3) is 0. The number of hydrogen-bond donors (Lipinski definition) is 0. The fourth-order valence-electron chi connectivity index (χ4n) is 0.646. The molecule has 0 nitrogen and oxygen atoms in total. The Hall–Kier alpha value is 7.11. The lowest BCUT2D eigenvalue weighted by molar-refractivity contribution is 5.04. The molecule has 0 saturated heterocycles. The Bertz CT molecular complexity index is 1410. The first-order valence-corrected chi connectivity index (χ1v) is 39.0. The van der Waals surface area contributed by atoms with Crippen molar-refractivity contribution < 1.29 is 0 Å². The first kappa shape index (κ1) is 34.1. The monoisotopic (exact) mass is 863 g/mol. The van der Waals surface area contributed by atoms with Gasteiger partial charge in [-0.1, -0.05) is 55.2 Å². The quantitative estimate of drug-likeness (QED) is 0.236. The minimum Gasteiger partial charge on any atom is -0.271 e. The average molecular weight is 866 g/mol. The maximum atomic E-state index is 5.66. The third kappa shape index (κ3) is 6.00. The van der Waals surface area contributed by atoms with E-state index < -0.39 is 50.6 Å². The van der Waals surface area contributed by atoms with E-state index in [-0.39, 0.29) is 0 Å². The molecule has 0 fully saturated rings. The molecule has 0 aromatic rings. The summed E-state index contributed by atoms with van der Waals surface area (Å²) in [6.45, 7) is 0. The zero-order valence-corrected chi connectivity index (χ0v) is 33.1. The van der Waals surface area contributed by atoms with Crippen molar-refractivity contribution >= 4 is 252 Å². The zero-order chi connectivity index (χ0) is 22.7. The van der Waals surface area contributed by atoms with Crippen LogP contribution in [0.15, 0.2) is 0 Å². The molecular weight excluding hydrogens is 866 g/mol. The van der Waals surface area contributed by atoms with Crippen molar-refractivity contribution in [2.75, 3.05) is 0 Å². The molecule has 0 aromatic heterocycles. The predicted octanol–water partition coefficient (Wildman–Crippen LogP) is -0.0648. The third-order valence-corrected chi connectivity index (χ3v) is 148. The first-order chi connectivity index (χ1) is 11.4. The molecule has 27 heavy (non-hydrogen) atoms. The van der Waals surface area contributed by atoms with E-state index in [1.807, 2.05) is 0 Å². The second-order valence-corrected chi connectivity index (χ2v) is 88.2. The summed E-state index contributed by atoms with van der Waals surface area (Å²) in [6.07, 6.45) is 0. The van der Waals surface area contributed by atoms with E-state index in [9.17, 15) is 0 Å². The van der Waals surface area contributed by atoms with Gasteiger partial charge in [0.25, 0.3) is 0 Å². The van der Waals surface area contributed by atoms with Gasteiger partial charge >= 0.3 is 0 Å². The summed E-state index contributed by atoms with van der Waals surface area (Å²) in [5.41, 5.74) is 0. The molecule has 27 heteroatoms. The van der Waals surface area contributed by atoms with Crippen molar-refractivity contribution in [2.45, 2.75) is 0 Å². The summed E-state index contributed by atoms with van der Waals surface area (Å²) in [7, 11) is -2.61. The highest BCUT2D eigenvalue weighted by molar-refractivity contribution is 9.71. The molecule has 0 bridgehead atoms. The van der Waals surface area contributed by atoms with Gasteiger partial charge < -0.3 is 0 Å². The standard InChI is InChI=1S/S27/c1-19(2)21(5,6)23(9,10)25(13,14)27(17,18)26(15,16)24(11,12)22(7,8)20(3)4/q-2. The molecule has 0 unspecified atom stereocenters. The maximum absolute atomic E-state index is 5.66. The summed E-state index contributed by atoms with van der Waals surface area (Å²) >= 11 is 98.3. The second kappa shape index (κ2) is 11.2. The van der Waals surface area contributed by atoms with Gasteiger partial charge in [-0.25, -0.2) is 44.8 Å². The van der Waals surface area contributed by atoms with Gasteiger partial charge in [0.05, 0.1) is 0 Å². The Labute approximate surface area is 245 Å². The zero-order valence-electron chi connectivity index (χ0n) is 11.0. The Balaban J connectivity index is 7.58. The summed E-state index contributed by atoms with van der Waals surface area (Å²) in [5, 5.41) is -20.8. The summed E-state index contributed by atoms with van der Waals surface area (Å²) in [5.74, 6) is 0. The van der Waals surface area contributed by atoms with E-state index in [0.717, 1.165) is 0 Å². The number of hydrogen-bond acceptors (Lipinski definition) is 20. The summed E-state index contributed by atoms with van der Waals surface area (Å²) < 4.78 is 0. The van der Waals surface area contributed by atoms with E-state index in [2.05, 4.69) is 0 Å². The lowest BCUT2D eigenvalue weighted by Gasteiger charge is -2.34. The molecule has 0 aliphatic heterocycles. The molecule has 0 saturated carbocycles. The largest absolute Gasteiger partial charge is 0.271 e. The predicted molar refractivity (Wildman–Crippen MR) is 199 cm³/mol. The lowest BCUT2D eigenvalue weighted by Crippen LogP contribution is -2.33. The molecule has 0 amide bonds. The smallest absolute Gasteiger partial charge is 0.0450 e. The molecule has 0 aromatic carbocycles. The van der Waals surface area contributed by atoms with Gasteiger partial charge in [0, 0.05) is 26.1 Å². The van der Waals surface area contributed by atoms with Crippen molar-refractivity contribution in [3.8, 4) is 0 Å². The molecule has 0 spiro atoms. The second-order valence-electron chi connectivity index (χ2n) is 3.27. The first-order valence-electron chi connectivity index (χ1n) is 4.33. The SMILES string of the molecule is S=[S-](=S)S(=S)(=S)S(=S)(=S)S(=S)(=S)S(=S)(=S)S(=S)(=S)S(=S)(=S)S(=S)(=S)[S-](=S)=S. The molecule has 0 heterocycles. The summed E-state index contributed by atoms with van der Waals surface area (Å²) in [4.78, 5) is 0. The Morgan fingerprint density at radius 3 is 0.593 bits per heavy atom. The van der Waals surface area contributed by atoms with Crippen molar-refractivity contribution in [1.29, 1.82) is 0 Å². The van der Waals surface area contributed by atoms with E-state index in [1.54, 1.807) is 0 Å². The van der Waals surface area contributed by atoms with Crippen molar-refractivity contribution in [3.63, 3.8) is 0 Å². The molecule has 164 valence electrons. The summed E-state index contributed by atoms with van der Waals surface area (Å²) in [6, 6.07) is 0. The Kier molecular flexibility index (Phi) is 14.2. The molecular formula is S27-2. The average Bonchev–Trinajstić information content (AvgIpc) is 2.45. The van der Waals surface area contributed by atoms with Crippen LogP contribution in [0.25, 0.3) is 0 Å². The van der Waals surface area contributed by atoms with Gasteiger partial charge in [-0.2, -0.15) is 0 Å². The molecule has 0 N–H and O–H groups in total. The lowest BCUT2D eigenvalue weighted by atomic mass is 29.7. The molecule has 0 aliphatic carbocycles. The highest BCUT2D eigenvalue weighted by Crippen LogP contribution is 2.34. The van der Waals surface area contributed by atoms with Gasteiger partial charge in [0.15, 0.2) is 0 Å². The van der Waals surface area contributed by atoms with Crippen LogP contribution in [-0.4, -0.2) is 0 Å². The van der Waals surface area contributed by atoms with Crippen molar-refractivity contribution in [3.05, 3.63) is 0 Å². The topological polar surface area (TPSA) is 0 Å². The van der Waals surface area contributed by atoms with Crippen LogP contribution < -0.4 is 0 Å². The Morgan fingerprint density at radius 1 is 0.296 bits per heavy atom. The van der Waals surface area contributed by atoms with Crippen LogP contribution in [0, 0.1) is 0 Å². The molecule has 0 aliphatic rings. The maximum Gasteiger partial charge on any atom is 0.0450 e. The van der Waals surface area contributed by atoms with Crippen LogP contribution in [-0.2, 0) is 252 Å². The fourth-order valence-corrected chi connectivity index (χ4v) is 157. The van der Waals surface area contributed by atoms with Gasteiger partial charge in [-0.05, 0) is 112 Å². The minimum atomic E-state index is -3.14. The highest BCUT2D eigenvalue weighted by Gasteiger charge is 2.35.